The first-order valence-corrected chi connectivity index (χ1v) is 19.0. The maximum absolute atomic E-state index is 17.2. The van der Waals surface area contributed by atoms with Crippen LogP contribution in [-0.4, -0.2) is 101 Å². The Morgan fingerprint density at radius 1 is 1.15 bits per heavy atom. The lowest BCUT2D eigenvalue weighted by molar-refractivity contribution is 0.0122. The first-order valence-electron chi connectivity index (χ1n) is 18.6. The number of anilines is 1. The van der Waals surface area contributed by atoms with E-state index in [0.29, 0.717) is 65.8 Å². The molecule has 4 aliphatic heterocycles. The molecule has 8 rings (SSSR count). The Kier molecular flexibility index (Phi) is 9.42. The number of methoxy groups -OCH3 is 1. The van der Waals surface area contributed by atoms with Crippen LogP contribution in [0.4, 0.5) is 19.4 Å². The van der Waals surface area contributed by atoms with Gasteiger partial charge in [-0.2, -0.15) is 9.97 Å². The number of nitrogens with zero attached hydrogens (tertiary/aromatic N) is 6. The zero-order valence-electron chi connectivity index (χ0n) is 31.0. The number of hydrogen-bond donors (Lipinski definition) is 0. The van der Waals surface area contributed by atoms with Gasteiger partial charge < -0.3 is 23.8 Å². The molecule has 11 nitrogen and oxygen atoms in total. The van der Waals surface area contributed by atoms with Crippen molar-refractivity contribution in [1.82, 2.24) is 24.8 Å². The third-order valence-corrected chi connectivity index (χ3v) is 11.8. The van der Waals surface area contributed by atoms with Crippen molar-refractivity contribution in [3.8, 4) is 23.0 Å². The van der Waals surface area contributed by atoms with E-state index >= 15 is 4.39 Å². The maximum atomic E-state index is 17.2. The average molecular weight is 753 g/mol. The molecule has 0 radical (unpaired) electrons. The summed E-state index contributed by atoms with van der Waals surface area (Å²) in [5.74, 6) is 0.860. The quantitative estimate of drug-likeness (QED) is 0.203. The van der Waals surface area contributed by atoms with Crippen LogP contribution in [-0.2, 0) is 9.47 Å². The highest BCUT2D eigenvalue weighted by atomic mass is 35.5. The number of hydrogen-bond acceptors (Lipinski definition) is 10. The number of halogens is 3. The zero-order chi connectivity index (χ0) is 37.2. The molecule has 5 atom stereocenters. The second kappa shape index (κ2) is 13.8. The standard InChI is InChI=1S/C39H47ClF2N6O5/c1-22-11-27(22)31-28(12-26(13-30(31)40)52-21-50-5)33-32(42)34-29(16-43-33)35(46-18-24-7-8-25(19-46)48(24)37(49)53-38(2,3)4)45-36(44-34)51-20-39-9-6-10-47(39)17-23(14-39)15-41/h12-13,15-16,22,24-25,27H,6-11,14,17-21H2,1-5H3/b23-15-/t22-,24-,25+,27+,39-/m0/s1. The lowest BCUT2D eigenvalue weighted by Gasteiger charge is -2.42. The summed E-state index contributed by atoms with van der Waals surface area (Å²) in [5, 5.41) is 0.917. The van der Waals surface area contributed by atoms with Gasteiger partial charge in [-0.05, 0) is 101 Å². The molecule has 1 amide bonds. The van der Waals surface area contributed by atoms with Gasteiger partial charge in [-0.15, -0.1) is 0 Å². The summed E-state index contributed by atoms with van der Waals surface area (Å²) in [6, 6.07) is 3.32. The third-order valence-electron chi connectivity index (χ3n) is 11.5. The van der Waals surface area contributed by atoms with Crippen LogP contribution < -0.4 is 14.4 Å². The molecule has 4 saturated heterocycles. The second-order valence-corrected chi connectivity index (χ2v) is 16.8. The lowest BCUT2D eigenvalue weighted by Crippen LogP contribution is -2.57. The van der Waals surface area contributed by atoms with E-state index in [9.17, 15) is 9.18 Å². The van der Waals surface area contributed by atoms with Crippen molar-refractivity contribution in [2.75, 3.05) is 51.6 Å². The molecule has 0 unspecified atom stereocenters. The van der Waals surface area contributed by atoms with Crippen LogP contribution in [0.5, 0.6) is 11.8 Å². The fraction of sp³-hybridized carbons (Fsp3) is 0.590. The van der Waals surface area contributed by atoms with Gasteiger partial charge in [0.25, 0.3) is 0 Å². The topological polar surface area (TPSA) is 102 Å². The van der Waals surface area contributed by atoms with E-state index in [-0.39, 0.29) is 60.3 Å². The average Bonchev–Trinajstić information content (AvgIpc) is 3.40. The van der Waals surface area contributed by atoms with E-state index in [1.807, 2.05) is 25.7 Å². The van der Waals surface area contributed by atoms with Gasteiger partial charge in [0.05, 0.1) is 29.3 Å². The molecule has 6 heterocycles. The Bertz CT molecular complexity index is 1950. The van der Waals surface area contributed by atoms with E-state index in [1.165, 1.54) is 7.11 Å². The van der Waals surface area contributed by atoms with Crippen molar-refractivity contribution in [2.24, 2.45) is 5.92 Å². The number of piperazine rings is 1. The SMILES string of the molecule is COCOc1cc(Cl)c([C@@H]2C[C@@H]2C)c(-c2ncc3c(N4C[C@H]5CC[C@@H](C4)N5C(=O)OC(C)(C)C)nc(OC[C@@]45CCCN4C/C(=C\F)C5)nc3c2F)c1. The highest BCUT2D eigenvalue weighted by molar-refractivity contribution is 6.32. The van der Waals surface area contributed by atoms with E-state index in [2.05, 4.69) is 16.7 Å². The van der Waals surface area contributed by atoms with Crippen LogP contribution in [0.3, 0.4) is 0 Å². The molecule has 1 saturated carbocycles. The maximum Gasteiger partial charge on any atom is 0.410 e. The molecule has 1 aliphatic carbocycles. The van der Waals surface area contributed by atoms with Gasteiger partial charge in [0, 0.05) is 43.5 Å². The monoisotopic (exact) mass is 752 g/mol. The minimum Gasteiger partial charge on any atom is -0.467 e. The van der Waals surface area contributed by atoms with Crippen molar-refractivity contribution in [3.05, 3.63) is 46.6 Å². The number of benzene rings is 1. The van der Waals surface area contributed by atoms with Gasteiger partial charge in [0.2, 0.25) is 0 Å². The van der Waals surface area contributed by atoms with E-state index < -0.39 is 11.4 Å². The van der Waals surface area contributed by atoms with E-state index in [0.717, 1.165) is 49.8 Å². The number of pyridine rings is 1. The van der Waals surface area contributed by atoms with Crippen LogP contribution in [0, 0.1) is 11.7 Å². The van der Waals surface area contributed by atoms with E-state index in [4.69, 9.17) is 45.5 Å². The molecule has 5 aliphatic rings. The summed E-state index contributed by atoms with van der Waals surface area (Å²) in [4.78, 5) is 33.8. The Morgan fingerprint density at radius 3 is 2.58 bits per heavy atom. The number of carbonyl (C=O) groups is 1. The number of carbonyl (C=O) groups excluding carboxylic acids is 1. The van der Waals surface area contributed by atoms with Crippen LogP contribution in [0.1, 0.15) is 77.7 Å². The first-order chi connectivity index (χ1) is 25.4. The molecule has 1 aromatic carbocycles. The highest BCUT2D eigenvalue weighted by Crippen LogP contribution is 2.53. The molecular formula is C39H47ClF2N6O5. The number of rotatable bonds is 9. The Labute approximate surface area is 313 Å². The van der Waals surface area contributed by atoms with Gasteiger partial charge in [-0.3, -0.25) is 14.8 Å². The molecule has 14 heteroatoms. The van der Waals surface area contributed by atoms with Crippen LogP contribution in [0.25, 0.3) is 22.2 Å². The normalized spacial score (nSPS) is 27.5. The Morgan fingerprint density at radius 2 is 1.91 bits per heavy atom. The molecule has 0 N–H and O–H groups in total. The largest absolute Gasteiger partial charge is 0.467 e. The van der Waals surface area contributed by atoms with Crippen LogP contribution >= 0.6 is 11.6 Å². The highest BCUT2D eigenvalue weighted by Gasteiger charge is 2.48. The number of fused-ring (bicyclic) bond motifs is 4. The second-order valence-electron chi connectivity index (χ2n) is 16.4. The molecule has 284 valence electrons. The third kappa shape index (κ3) is 6.77. The smallest absolute Gasteiger partial charge is 0.410 e. The van der Waals surface area contributed by atoms with Gasteiger partial charge in [-0.25, -0.2) is 13.6 Å². The fourth-order valence-electron chi connectivity index (χ4n) is 8.96. The Hall–Kier alpha value is -3.81. The minimum atomic E-state index is -0.620. The van der Waals surface area contributed by atoms with Gasteiger partial charge in [0.1, 0.15) is 35.0 Å². The first kappa shape index (κ1) is 36.2. The summed E-state index contributed by atoms with van der Waals surface area (Å²) in [6.07, 6.45) is 6.97. The molecule has 2 bridgehead atoms. The lowest BCUT2D eigenvalue weighted by atomic mass is 9.94. The minimum absolute atomic E-state index is 0.00454. The van der Waals surface area contributed by atoms with Crippen LogP contribution in [0.2, 0.25) is 5.02 Å². The summed E-state index contributed by atoms with van der Waals surface area (Å²) in [6.45, 7) is 10.4. The summed E-state index contributed by atoms with van der Waals surface area (Å²) in [7, 11) is 1.53. The fourth-order valence-corrected chi connectivity index (χ4v) is 9.30. The number of amides is 1. The number of aromatic nitrogens is 3. The summed E-state index contributed by atoms with van der Waals surface area (Å²) >= 11 is 6.87. The molecule has 2 aromatic heterocycles. The van der Waals surface area contributed by atoms with Gasteiger partial charge in [0.15, 0.2) is 12.6 Å². The van der Waals surface area contributed by atoms with Crippen molar-refractivity contribution >= 4 is 34.4 Å². The Balaban J connectivity index is 1.20. The molecule has 53 heavy (non-hydrogen) atoms. The van der Waals surface area contributed by atoms with Crippen molar-refractivity contribution in [3.63, 3.8) is 0 Å². The summed E-state index contributed by atoms with van der Waals surface area (Å²) in [5.41, 5.74) is 1.30. The van der Waals surface area contributed by atoms with Crippen molar-refractivity contribution < 1.29 is 32.5 Å². The number of ether oxygens (including phenoxy) is 4. The predicted molar refractivity (Wildman–Crippen MR) is 197 cm³/mol. The van der Waals surface area contributed by atoms with Crippen molar-refractivity contribution in [1.29, 1.82) is 0 Å². The van der Waals surface area contributed by atoms with Crippen molar-refractivity contribution in [2.45, 2.75) is 95.4 Å². The van der Waals surface area contributed by atoms with Gasteiger partial charge in [-0.1, -0.05) is 18.5 Å². The van der Waals surface area contributed by atoms with E-state index in [1.54, 1.807) is 18.3 Å². The molecule has 5 fully saturated rings. The van der Waals surface area contributed by atoms with Crippen LogP contribution in [0.15, 0.2) is 30.2 Å². The predicted octanol–water partition coefficient (Wildman–Crippen LogP) is 7.65. The molecular weight excluding hydrogens is 706 g/mol. The molecule has 0 spiro atoms. The van der Waals surface area contributed by atoms with Gasteiger partial charge >= 0.3 is 12.1 Å². The zero-order valence-corrected chi connectivity index (χ0v) is 31.7. The molecule has 3 aromatic rings. The summed E-state index contributed by atoms with van der Waals surface area (Å²) < 4.78 is 54.0.